The molecule has 4 atom stereocenters. The maximum atomic E-state index is 11.7. The number of esters is 1. The van der Waals surface area contributed by atoms with Crippen molar-refractivity contribution < 1.29 is 23.7 Å². The van der Waals surface area contributed by atoms with Crippen molar-refractivity contribution in [1.29, 1.82) is 0 Å². The Kier molecular flexibility index (Phi) is 11.0. The van der Waals surface area contributed by atoms with Gasteiger partial charge in [0, 0.05) is 13.2 Å². The van der Waals surface area contributed by atoms with E-state index in [2.05, 4.69) is 0 Å². The number of ether oxygens (including phenoxy) is 4. The summed E-state index contributed by atoms with van der Waals surface area (Å²) in [5.74, 6) is -0.460. The van der Waals surface area contributed by atoms with Crippen molar-refractivity contribution in [2.75, 3.05) is 26.4 Å². The van der Waals surface area contributed by atoms with Crippen LogP contribution >= 0.6 is 12.4 Å². The van der Waals surface area contributed by atoms with Crippen molar-refractivity contribution in [3.8, 4) is 0 Å². The predicted molar refractivity (Wildman–Crippen MR) is 81.7 cm³/mol. The number of rotatable bonds is 6. The first kappa shape index (κ1) is 20.6. The first-order chi connectivity index (χ1) is 9.60. The molecular weight excluding hydrogens is 298 g/mol. The second kappa shape index (κ2) is 11.2. The number of hydrogen-bond acceptors (Lipinski definition) is 6. The zero-order chi connectivity index (χ0) is 15.0. The quantitative estimate of drug-likeness (QED) is 0.741. The third-order valence-corrected chi connectivity index (χ3v) is 3.06. The molecule has 0 aromatic heterocycles. The molecule has 0 aromatic carbocycles. The highest BCUT2D eigenvalue weighted by Gasteiger charge is 2.34. The van der Waals surface area contributed by atoms with E-state index in [1.807, 2.05) is 13.8 Å². The second-order valence-electron chi connectivity index (χ2n) is 5.03. The molecule has 1 rings (SSSR count). The highest BCUT2D eigenvalue weighted by molar-refractivity contribution is 5.85. The van der Waals surface area contributed by atoms with E-state index < -0.39 is 18.1 Å². The van der Waals surface area contributed by atoms with Crippen molar-refractivity contribution in [3.05, 3.63) is 0 Å². The summed E-state index contributed by atoms with van der Waals surface area (Å²) in [6, 6.07) is -0.755. The zero-order valence-corrected chi connectivity index (χ0v) is 13.9. The van der Waals surface area contributed by atoms with Crippen LogP contribution in [0.1, 0.15) is 33.6 Å². The minimum Gasteiger partial charge on any atom is -0.459 e. The molecule has 1 fully saturated rings. The van der Waals surface area contributed by atoms with E-state index in [0.717, 1.165) is 12.8 Å². The van der Waals surface area contributed by atoms with E-state index in [9.17, 15) is 4.79 Å². The molecule has 1 aliphatic rings. The largest absolute Gasteiger partial charge is 0.459 e. The van der Waals surface area contributed by atoms with E-state index >= 15 is 0 Å². The fraction of sp³-hybridized carbons (Fsp3) is 0.929. The maximum absolute atomic E-state index is 11.7. The summed E-state index contributed by atoms with van der Waals surface area (Å²) in [6.45, 7) is 7.56. The van der Waals surface area contributed by atoms with Gasteiger partial charge in [-0.2, -0.15) is 0 Å². The van der Waals surface area contributed by atoms with Crippen molar-refractivity contribution in [2.24, 2.45) is 5.73 Å². The van der Waals surface area contributed by atoms with Gasteiger partial charge in [-0.3, -0.25) is 4.79 Å². The Morgan fingerprint density at radius 3 is 2.43 bits per heavy atom. The number of carbonyl (C=O) groups is 1. The van der Waals surface area contributed by atoms with Crippen LogP contribution in [0.4, 0.5) is 0 Å². The molecular formula is C14H28ClNO5. The van der Waals surface area contributed by atoms with Gasteiger partial charge in [-0.1, -0.05) is 13.8 Å². The van der Waals surface area contributed by atoms with Gasteiger partial charge in [-0.15, -0.1) is 12.4 Å². The van der Waals surface area contributed by atoms with Crippen LogP contribution in [0.15, 0.2) is 0 Å². The van der Waals surface area contributed by atoms with Gasteiger partial charge in [0.1, 0.15) is 24.4 Å². The van der Waals surface area contributed by atoms with Gasteiger partial charge in [0.25, 0.3) is 0 Å². The van der Waals surface area contributed by atoms with Crippen LogP contribution in [0.3, 0.4) is 0 Å². The van der Waals surface area contributed by atoms with Crippen molar-refractivity contribution in [1.82, 2.24) is 0 Å². The first-order valence-electron chi connectivity index (χ1n) is 7.37. The summed E-state index contributed by atoms with van der Waals surface area (Å²) in [4.78, 5) is 11.7. The molecule has 0 aliphatic carbocycles. The molecule has 1 aliphatic heterocycles. The Labute approximate surface area is 133 Å². The monoisotopic (exact) mass is 325 g/mol. The van der Waals surface area contributed by atoms with E-state index in [1.165, 1.54) is 0 Å². The van der Waals surface area contributed by atoms with Crippen LogP contribution in [0.5, 0.6) is 0 Å². The topological polar surface area (TPSA) is 80.0 Å². The van der Waals surface area contributed by atoms with E-state index in [0.29, 0.717) is 19.8 Å². The fourth-order valence-electron chi connectivity index (χ4n) is 2.02. The lowest BCUT2D eigenvalue weighted by Crippen LogP contribution is -2.44. The lowest BCUT2D eigenvalue weighted by atomic mass is 10.1. The molecule has 1 saturated heterocycles. The SMILES string of the molecule is CCCO[C@H]1[C@H](C)OC(=O)[C@@H](N)COC[C@@H]1OCCC.Cl. The molecule has 2 N–H and O–H groups in total. The average Bonchev–Trinajstić information content (AvgIpc) is 2.47. The molecule has 21 heavy (non-hydrogen) atoms. The van der Waals surface area contributed by atoms with Gasteiger partial charge in [-0.05, 0) is 19.8 Å². The molecule has 0 spiro atoms. The maximum Gasteiger partial charge on any atom is 0.325 e. The van der Waals surface area contributed by atoms with Crippen molar-refractivity contribution in [3.63, 3.8) is 0 Å². The standard InChI is InChI=1S/C14H27NO5.ClH/c1-4-6-18-12-9-17-8-11(15)14(16)20-10(3)13(12)19-7-5-2;/h10-13H,4-9,15H2,1-3H3;1H/t10-,11-,12-,13-;/m0./s1. The van der Waals surface area contributed by atoms with Gasteiger partial charge >= 0.3 is 5.97 Å². The molecule has 1 heterocycles. The van der Waals surface area contributed by atoms with Crippen molar-refractivity contribution in [2.45, 2.75) is 58.0 Å². The Balaban J connectivity index is 0.00000400. The normalized spacial score (nSPS) is 30.6. The molecule has 6 nitrogen and oxygen atoms in total. The van der Waals surface area contributed by atoms with Crippen LogP contribution in [0.2, 0.25) is 0 Å². The molecule has 0 bridgehead atoms. The number of carbonyl (C=O) groups excluding carboxylic acids is 1. The summed E-state index contributed by atoms with van der Waals surface area (Å²) >= 11 is 0. The number of cyclic esters (lactones) is 1. The third kappa shape index (κ3) is 6.93. The smallest absolute Gasteiger partial charge is 0.325 e. The molecule has 7 heteroatoms. The average molecular weight is 326 g/mol. The van der Waals surface area contributed by atoms with Gasteiger partial charge in [0.15, 0.2) is 0 Å². The molecule has 0 amide bonds. The summed E-state index contributed by atoms with van der Waals surface area (Å²) in [5, 5.41) is 0. The number of halogens is 1. The van der Waals surface area contributed by atoms with Crippen LogP contribution < -0.4 is 5.73 Å². The van der Waals surface area contributed by atoms with E-state index in [4.69, 9.17) is 24.7 Å². The highest BCUT2D eigenvalue weighted by atomic mass is 35.5. The summed E-state index contributed by atoms with van der Waals surface area (Å²) in [6.07, 6.45) is 0.789. The fourth-order valence-corrected chi connectivity index (χ4v) is 2.02. The van der Waals surface area contributed by atoms with Crippen LogP contribution in [-0.2, 0) is 23.7 Å². The number of hydrogen-bond donors (Lipinski definition) is 1. The highest BCUT2D eigenvalue weighted by Crippen LogP contribution is 2.16. The van der Waals surface area contributed by atoms with Crippen LogP contribution in [0.25, 0.3) is 0 Å². The van der Waals surface area contributed by atoms with Gasteiger partial charge < -0.3 is 24.7 Å². The molecule has 0 aromatic rings. The molecule has 0 saturated carbocycles. The summed E-state index contributed by atoms with van der Waals surface area (Å²) in [7, 11) is 0. The van der Waals surface area contributed by atoms with Crippen LogP contribution in [-0.4, -0.2) is 56.8 Å². The molecule has 0 radical (unpaired) electrons. The Hall–Kier alpha value is -0.400. The number of nitrogens with two attached hydrogens (primary N) is 1. The van der Waals surface area contributed by atoms with E-state index in [1.54, 1.807) is 6.92 Å². The Morgan fingerprint density at radius 2 is 1.81 bits per heavy atom. The van der Waals surface area contributed by atoms with Crippen LogP contribution in [0, 0.1) is 0 Å². The lowest BCUT2D eigenvalue weighted by molar-refractivity contribution is -0.167. The first-order valence-corrected chi connectivity index (χ1v) is 7.37. The predicted octanol–water partition coefficient (Wildman–Crippen LogP) is 1.29. The van der Waals surface area contributed by atoms with E-state index in [-0.39, 0.29) is 31.2 Å². The van der Waals surface area contributed by atoms with Gasteiger partial charge in [-0.25, -0.2) is 0 Å². The zero-order valence-electron chi connectivity index (χ0n) is 13.1. The second-order valence-corrected chi connectivity index (χ2v) is 5.03. The van der Waals surface area contributed by atoms with Gasteiger partial charge in [0.2, 0.25) is 0 Å². The van der Waals surface area contributed by atoms with Crippen molar-refractivity contribution >= 4 is 18.4 Å². The summed E-state index contributed by atoms with van der Waals surface area (Å²) < 4.78 is 22.4. The lowest BCUT2D eigenvalue weighted by Gasteiger charge is -2.30. The Bertz CT molecular complexity index is 293. The third-order valence-electron chi connectivity index (χ3n) is 3.06. The minimum atomic E-state index is -0.755. The van der Waals surface area contributed by atoms with Gasteiger partial charge in [0.05, 0.1) is 13.2 Å². The summed E-state index contributed by atoms with van der Waals surface area (Å²) in [5.41, 5.74) is 5.69. The Morgan fingerprint density at radius 1 is 1.19 bits per heavy atom. The molecule has 126 valence electrons. The minimum absolute atomic E-state index is 0. The molecule has 0 unspecified atom stereocenters.